The van der Waals surface area contributed by atoms with E-state index in [-0.39, 0.29) is 5.91 Å². The average molecular weight is 340 g/mol. The van der Waals surface area contributed by atoms with E-state index < -0.39 is 6.10 Å². The summed E-state index contributed by atoms with van der Waals surface area (Å²) in [5, 5.41) is 0. The number of carbonyl (C=O) groups excluding carboxylic acids is 1. The van der Waals surface area contributed by atoms with Gasteiger partial charge in [-0.25, -0.2) is 0 Å². The molecule has 1 heterocycles. The summed E-state index contributed by atoms with van der Waals surface area (Å²) in [6, 6.07) is 17.6. The summed E-state index contributed by atoms with van der Waals surface area (Å²) in [7, 11) is 1.62. The first-order valence-corrected chi connectivity index (χ1v) is 8.57. The van der Waals surface area contributed by atoms with Crippen LogP contribution in [0.1, 0.15) is 6.92 Å². The van der Waals surface area contributed by atoms with Crippen LogP contribution in [0.5, 0.6) is 11.5 Å². The maximum atomic E-state index is 12.6. The second-order valence-electron chi connectivity index (χ2n) is 6.08. The van der Waals surface area contributed by atoms with Gasteiger partial charge in [-0.3, -0.25) is 4.79 Å². The Bertz CT molecular complexity index is 680. The Kier molecular flexibility index (Phi) is 5.43. The van der Waals surface area contributed by atoms with Crippen molar-refractivity contribution in [1.82, 2.24) is 4.90 Å². The van der Waals surface area contributed by atoms with E-state index in [2.05, 4.69) is 17.0 Å². The molecular formula is C20H24N2O3. The number of carbonyl (C=O) groups is 1. The van der Waals surface area contributed by atoms with Gasteiger partial charge in [0, 0.05) is 31.9 Å². The molecule has 1 aliphatic rings. The average Bonchev–Trinajstić information content (AvgIpc) is 2.69. The molecular weight excluding hydrogens is 316 g/mol. The van der Waals surface area contributed by atoms with Crippen LogP contribution in [0.3, 0.4) is 0 Å². The van der Waals surface area contributed by atoms with Crippen LogP contribution in [0.25, 0.3) is 0 Å². The first-order chi connectivity index (χ1) is 12.2. The first-order valence-electron chi connectivity index (χ1n) is 8.57. The van der Waals surface area contributed by atoms with Crippen molar-refractivity contribution in [3.05, 3.63) is 54.6 Å². The Balaban J connectivity index is 1.52. The van der Waals surface area contributed by atoms with Gasteiger partial charge in [0.25, 0.3) is 5.91 Å². The van der Waals surface area contributed by atoms with E-state index >= 15 is 0 Å². The number of anilines is 1. The third-order valence-electron chi connectivity index (χ3n) is 4.43. The molecule has 3 rings (SSSR count). The summed E-state index contributed by atoms with van der Waals surface area (Å²) in [4.78, 5) is 16.8. The highest BCUT2D eigenvalue weighted by molar-refractivity contribution is 5.81. The van der Waals surface area contributed by atoms with Gasteiger partial charge in [-0.05, 0) is 43.3 Å². The van der Waals surface area contributed by atoms with Gasteiger partial charge >= 0.3 is 0 Å². The Morgan fingerprint density at radius 1 is 0.920 bits per heavy atom. The van der Waals surface area contributed by atoms with Crippen LogP contribution in [0.15, 0.2) is 54.6 Å². The van der Waals surface area contributed by atoms with Gasteiger partial charge in [-0.15, -0.1) is 0 Å². The highest BCUT2D eigenvalue weighted by Gasteiger charge is 2.26. The van der Waals surface area contributed by atoms with Crippen LogP contribution in [0, 0.1) is 0 Å². The van der Waals surface area contributed by atoms with Crippen LogP contribution in [0.2, 0.25) is 0 Å². The fourth-order valence-corrected chi connectivity index (χ4v) is 2.99. The standard InChI is InChI=1S/C20H24N2O3/c1-16(25-19-10-8-18(24-2)9-11-19)20(23)22-14-12-21(13-15-22)17-6-4-3-5-7-17/h3-11,16H,12-15H2,1-2H3. The van der Waals surface area contributed by atoms with Gasteiger partial charge in [-0.1, -0.05) is 18.2 Å². The van der Waals surface area contributed by atoms with Crippen LogP contribution >= 0.6 is 0 Å². The van der Waals surface area contributed by atoms with Crippen LogP contribution in [-0.4, -0.2) is 50.2 Å². The van der Waals surface area contributed by atoms with Crippen molar-refractivity contribution >= 4 is 11.6 Å². The maximum Gasteiger partial charge on any atom is 0.263 e. The Hall–Kier alpha value is -2.69. The minimum Gasteiger partial charge on any atom is -0.497 e. The topological polar surface area (TPSA) is 42.0 Å². The fraction of sp³-hybridized carbons (Fsp3) is 0.350. The zero-order valence-electron chi connectivity index (χ0n) is 14.7. The van der Waals surface area contributed by atoms with E-state index in [0.717, 1.165) is 18.8 Å². The zero-order valence-corrected chi connectivity index (χ0v) is 14.7. The molecule has 1 amide bonds. The molecule has 0 aliphatic carbocycles. The van der Waals surface area contributed by atoms with Crippen molar-refractivity contribution < 1.29 is 14.3 Å². The second-order valence-corrected chi connectivity index (χ2v) is 6.08. The lowest BCUT2D eigenvalue weighted by atomic mass is 10.2. The lowest BCUT2D eigenvalue weighted by Gasteiger charge is -2.37. The molecule has 0 aromatic heterocycles. The van der Waals surface area contributed by atoms with E-state index in [1.165, 1.54) is 5.69 Å². The van der Waals surface area contributed by atoms with Crippen molar-refractivity contribution in [3.63, 3.8) is 0 Å². The number of methoxy groups -OCH3 is 1. The molecule has 1 aliphatic heterocycles. The number of hydrogen-bond donors (Lipinski definition) is 0. The summed E-state index contributed by atoms with van der Waals surface area (Å²) >= 11 is 0. The molecule has 0 radical (unpaired) electrons. The number of piperazine rings is 1. The highest BCUT2D eigenvalue weighted by Crippen LogP contribution is 2.20. The van der Waals surface area contributed by atoms with Crippen molar-refractivity contribution in [2.45, 2.75) is 13.0 Å². The maximum absolute atomic E-state index is 12.6. The Labute approximate surface area is 148 Å². The van der Waals surface area contributed by atoms with Gasteiger partial charge in [0.05, 0.1) is 7.11 Å². The third kappa shape index (κ3) is 4.24. The number of amides is 1. The fourth-order valence-electron chi connectivity index (χ4n) is 2.99. The predicted octanol–water partition coefficient (Wildman–Crippen LogP) is 2.81. The Morgan fingerprint density at radius 2 is 1.52 bits per heavy atom. The molecule has 1 fully saturated rings. The van der Waals surface area contributed by atoms with Crippen LogP contribution in [-0.2, 0) is 4.79 Å². The molecule has 0 saturated carbocycles. The van der Waals surface area contributed by atoms with Crippen molar-refractivity contribution in [2.75, 3.05) is 38.2 Å². The van der Waals surface area contributed by atoms with E-state index in [9.17, 15) is 4.79 Å². The lowest BCUT2D eigenvalue weighted by Crippen LogP contribution is -2.52. The molecule has 0 bridgehead atoms. The van der Waals surface area contributed by atoms with Gasteiger partial charge in [-0.2, -0.15) is 0 Å². The zero-order chi connectivity index (χ0) is 17.6. The summed E-state index contributed by atoms with van der Waals surface area (Å²) in [5.74, 6) is 1.47. The molecule has 5 nitrogen and oxygen atoms in total. The summed E-state index contributed by atoms with van der Waals surface area (Å²) < 4.78 is 10.9. The lowest BCUT2D eigenvalue weighted by molar-refractivity contribution is -0.138. The molecule has 5 heteroatoms. The largest absolute Gasteiger partial charge is 0.497 e. The van der Waals surface area contributed by atoms with Gasteiger partial charge in [0.15, 0.2) is 6.10 Å². The van der Waals surface area contributed by atoms with Gasteiger partial charge in [0.1, 0.15) is 11.5 Å². The quantitative estimate of drug-likeness (QED) is 0.839. The SMILES string of the molecule is COc1ccc(OC(C)C(=O)N2CCN(c3ccccc3)CC2)cc1. The number of rotatable bonds is 5. The van der Waals surface area contributed by atoms with E-state index in [1.54, 1.807) is 14.0 Å². The van der Waals surface area contributed by atoms with Crippen molar-refractivity contribution in [2.24, 2.45) is 0 Å². The predicted molar refractivity (Wildman–Crippen MR) is 98.3 cm³/mol. The number of nitrogens with zero attached hydrogens (tertiary/aromatic N) is 2. The minimum atomic E-state index is -0.503. The van der Waals surface area contributed by atoms with E-state index in [4.69, 9.17) is 9.47 Å². The van der Waals surface area contributed by atoms with Gasteiger partial charge in [0.2, 0.25) is 0 Å². The molecule has 0 N–H and O–H groups in total. The molecule has 132 valence electrons. The van der Waals surface area contributed by atoms with Crippen molar-refractivity contribution in [1.29, 1.82) is 0 Å². The van der Waals surface area contributed by atoms with E-state index in [0.29, 0.717) is 18.8 Å². The van der Waals surface area contributed by atoms with Crippen LogP contribution < -0.4 is 14.4 Å². The number of benzene rings is 2. The highest BCUT2D eigenvalue weighted by atomic mass is 16.5. The van der Waals surface area contributed by atoms with Crippen LogP contribution in [0.4, 0.5) is 5.69 Å². The second kappa shape index (κ2) is 7.92. The minimum absolute atomic E-state index is 0.0310. The Morgan fingerprint density at radius 3 is 2.12 bits per heavy atom. The third-order valence-corrected chi connectivity index (χ3v) is 4.43. The first kappa shape index (κ1) is 17.1. The van der Waals surface area contributed by atoms with Crippen molar-refractivity contribution in [3.8, 4) is 11.5 Å². The monoisotopic (exact) mass is 340 g/mol. The molecule has 1 atom stereocenters. The number of para-hydroxylation sites is 1. The molecule has 2 aromatic rings. The normalized spacial score (nSPS) is 15.6. The molecule has 0 spiro atoms. The molecule has 2 aromatic carbocycles. The smallest absolute Gasteiger partial charge is 0.263 e. The summed E-state index contributed by atoms with van der Waals surface area (Å²) in [6.07, 6.45) is -0.503. The van der Waals surface area contributed by atoms with E-state index in [1.807, 2.05) is 47.4 Å². The summed E-state index contributed by atoms with van der Waals surface area (Å²) in [6.45, 7) is 4.90. The number of ether oxygens (including phenoxy) is 2. The number of hydrogen-bond acceptors (Lipinski definition) is 4. The van der Waals surface area contributed by atoms with Gasteiger partial charge < -0.3 is 19.3 Å². The summed E-state index contributed by atoms with van der Waals surface area (Å²) in [5.41, 5.74) is 1.21. The molecule has 1 unspecified atom stereocenters. The molecule has 25 heavy (non-hydrogen) atoms. The molecule has 1 saturated heterocycles.